The Hall–Kier alpha value is -1.40. The maximum absolute atomic E-state index is 11.6. The number of nitrogens with zero attached hydrogens (tertiary/aromatic N) is 1. The first kappa shape index (κ1) is 17.6. The molecule has 6 heteroatoms. The van der Waals surface area contributed by atoms with Crippen molar-refractivity contribution in [3.8, 4) is 0 Å². The number of hydrogen-bond acceptors (Lipinski definition) is 4. The van der Waals surface area contributed by atoms with Gasteiger partial charge in [0.05, 0.1) is 13.2 Å². The highest BCUT2D eigenvalue weighted by molar-refractivity contribution is 5.95. The van der Waals surface area contributed by atoms with E-state index in [0.717, 1.165) is 6.42 Å². The van der Waals surface area contributed by atoms with Gasteiger partial charge in [-0.1, -0.05) is 19.9 Å². The molecule has 0 bridgehead atoms. The summed E-state index contributed by atoms with van der Waals surface area (Å²) in [6.07, 6.45) is 2.51. The van der Waals surface area contributed by atoms with E-state index in [1.807, 2.05) is 0 Å². The van der Waals surface area contributed by atoms with Gasteiger partial charge in [0.25, 0.3) is 0 Å². The lowest BCUT2D eigenvalue weighted by Gasteiger charge is -2.18. The fourth-order valence-electron chi connectivity index (χ4n) is 1.45. The number of carbonyl (C=O) groups excluding carboxylic acids is 2. The van der Waals surface area contributed by atoms with Crippen LogP contribution in [-0.4, -0.2) is 54.7 Å². The van der Waals surface area contributed by atoms with Crippen LogP contribution in [0.3, 0.4) is 0 Å². The largest absolute Gasteiger partial charge is 0.395 e. The molecule has 6 nitrogen and oxygen atoms in total. The highest BCUT2D eigenvalue weighted by Crippen LogP contribution is 1.95. The molecule has 0 heterocycles. The second-order valence-electron chi connectivity index (χ2n) is 4.73. The number of rotatable bonds is 9. The molecule has 0 fully saturated rings. The van der Waals surface area contributed by atoms with Gasteiger partial charge in [0.2, 0.25) is 5.91 Å². The van der Waals surface area contributed by atoms with Crippen molar-refractivity contribution in [2.45, 2.75) is 20.3 Å². The number of urea groups is 1. The number of nitrogens with one attached hydrogen (secondary N) is 2. The fourth-order valence-corrected chi connectivity index (χ4v) is 1.45. The van der Waals surface area contributed by atoms with Gasteiger partial charge in [-0.05, 0) is 12.3 Å². The minimum Gasteiger partial charge on any atom is -0.395 e. The van der Waals surface area contributed by atoms with Crippen molar-refractivity contribution in [3.05, 3.63) is 12.7 Å². The zero-order valence-electron chi connectivity index (χ0n) is 11.8. The molecule has 19 heavy (non-hydrogen) atoms. The van der Waals surface area contributed by atoms with Crippen LogP contribution < -0.4 is 10.6 Å². The first-order valence-electron chi connectivity index (χ1n) is 6.51. The summed E-state index contributed by atoms with van der Waals surface area (Å²) in [4.78, 5) is 24.7. The molecular formula is C13H25N3O3. The predicted octanol–water partition coefficient (Wildman–Crippen LogP) is 0.339. The highest BCUT2D eigenvalue weighted by atomic mass is 16.3. The van der Waals surface area contributed by atoms with Gasteiger partial charge in [-0.2, -0.15) is 0 Å². The summed E-state index contributed by atoms with van der Waals surface area (Å²) in [6.45, 7) is 9.12. The number of amides is 3. The number of hydrogen-bond donors (Lipinski definition) is 3. The maximum atomic E-state index is 11.6. The van der Waals surface area contributed by atoms with Crippen LogP contribution in [0.4, 0.5) is 4.79 Å². The molecule has 0 atom stereocenters. The number of imide groups is 1. The van der Waals surface area contributed by atoms with Crippen molar-refractivity contribution in [2.75, 3.05) is 32.8 Å². The summed E-state index contributed by atoms with van der Waals surface area (Å²) in [7, 11) is 0. The average molecular weight is 271 g/mol. The molecule has 0 aromatic carbocycles. The van der Waals surface area contributed by atoms with Crippen molar-refractivity contribution in [3.63, 3.8) is 0 Å². The van der Waals surface area contributed by atoms with Gasteiger partial charge in [-0.15, -0.1) is 6.58 Å². The molecule has 0 saturated heterocycles. The predicted molar refractivity (Wildman–Crippen MR) is 74.7 cm³/mol. The Morgan fingerprint density at radius 2 is 2.11 bits per heavy atom. The van der Waals surface area contributed by atoms with Gasteiger partial charge in [0.15, 0.2) is 0 Å². The van der Waals surface area contributed by atoms with Crippen LogP contribution in [0, 0.1) is 5.92 Å². The van der Waals surface area contributed by atoms with Crippen molar-refractivity contribution in [1.29, 1.82) is 0 Å². The summed E-state index contributed by atoms with van der Waals surface area (Å²) in [5, 5.41) is 13.7. The molecule has 0 aliphatic carbocycles. The molecule has 0 aliphatic heterocycles. The number of aliphatic hydroxyl groups excluding tert-OH is 1. The van der Waals surface area contributed by atoms with E-state index in [9.17, 15) is 9.59 Å². The number of aliphatic hydroxyl groups is 1. The standard InChI is InChI=1S/C13H25N3O3/c1-4-7-16(8-9-17)10-12(18)15-13(19)14-6-5-11(2)3/h4,11,17H,1,5-10H2,2-3H3,(H2,14,15,18,19). The van der Waals surface area contributed by atoms with E-state index in [0.29, 0.717) is 25.6 Å². The Morgan fingerprint density at radius 3 is 2.63 bits per heavy atom. The lowest BCUT2D eigenvalue weighted by Crippen LogP contribution is -2.45. The molecular weight excluding hydrogens is 246 g/mol. The average Bonchev–Trinajstić information content (AvgIpc) is 2.28. The van der Waals surface area contributed by atoms with Crippen LogP contribution >= 0.6 is 0 Å². The Morgan fingerprint density at radius 1 is 1.42 bits per heavy atom. The normalized spacial score (nSPS) is 10.6. The van der Waals surface area contributed by atoms with E-state index in [2.05, 4.69) is 31.1 Å². The Balaban J connectivity index is 3.93. The molecule has 0 spiro atoms. The van der Waals surface area contributed by atoms with E-state index in [1.54, 1.807) is 11.0 Å². The Labute approximate surface area is 114 Å². The van der Waals surface area contributed by atoms with Crippen molar-refractivity contribution in [2.24, 2.45) is 5.92 Å². The molecule has 110 valence electrons. The van der Waals surface area contributed by atoms with Gasteiger partial charge in [-0.3, -0.25) is 15.0 Å². The smallest absolute Gasteiger partial charge is 0.321 e. The van der Waals surface area contributed by atoms with Crippen LogP contribution in [0.15, 0.2) is 12.7 Å². The van der Waals surface area contributed by atoms with Gasteiger partial charge in [0.1, 0.15) is 0 Å². The van der Waals surface area contributed by atoms with Crippen LogP contribution in [0.1, 0.15) is 20.3 Å². The monoisotopic (exact) mass is 271 g/mol. The molecule has 0 unspecified atom stereocenters. The molecule has 0 aromatic heterocycles. The highest BCUT2D eigenvalue weighted by Gasteiger charge is 2.11. The lowest BCUT2D eigenvalue weighted by atomic mass is 10.1. The van der Waals surface area contributed by atoms with Crippen LogP contribution in [0.5, 0.6) is 0 Å². The minimum absolute atomic E-state index is 0.0400. The summed E-state index contributed by atoms with van der Waals surface area (Å²) in [5.74, 6) is 0.112. The van der Waals surface area contributed by atoms with Crippen LogP contribution in [0.2, 0.25) is 0 Å². The maximum Gasteiger partial charge on any atom is 0.321 e. The van der Waals surface area contributed by atoms with Crippen molar-refractivity contribution >= 4 is 11.9 Å². The summed E-state index contributed by atoms with van der Waals surface area (Å²) >= 11 is 0. The zero-order valence-corrected chi connectivity index (χ0v) is 11.8. The van der Waals surface area contributed by atoms with Crippen molar-refractivity contribution < 1.29 is 14.7 Å². The SMILES string of the molecule is C=CCN(CCO)CC(=O)NC(=O)NCCC(C)C. The molecule has 0 aliphatic rings. The third-order valence-corrected chi connectivity index (χ3v) is 2.43. The Bertz CT molecular complexity index is 293. The molecule has 0 rings (SSSR count). The van der Waals surface area contributed by atoms with E-state index in [-0.39, 0.29) is 13.2 Å². The fraction of sp³-hybridized carbons (Fsp3) is 0.692. The second kappa shape index (κ2) is 10.5. The molecule has 0 saturated carbocycles. The summed E-state index contributed by atoms with van der Waals surface area (Å²) in [5.41, 5.74) is 0. The van der Waals surface area contributed by atoms with Gasteiger partial charge in [0, 0.05) is 19.6 Å². The molecule has 0 radical (unpaired) electrons. The van der Waals surface area contributed by atoms with Gasteiger partial charge < -0.3 is 10.4 Å². The van der Waals surface area contributed by atoms with E-state index < -0.39 is 11.9 Å². The minimum atomic E-state index is -0.479. The third kappa shape index (κ3) is 10.2. The van der Waals surface area contributed by atoms with E-state index in [1.165, 1.54) is 0 Å². The zero-order chi connectivity index (χ0) is 14.7. The summed E-state index contributed by atoms with van der Waals surface area (Å²) < 4.78 is 0. The second-order valence-corrected chi connectivity index (χ2v) is 4.73. The van der Waals surface area contributed by atoms with Gasteiger partial charge in [-0.25, -0.2) is 4.79 Å². The topological polar surface area (TPSA) is 81.7 Å². The van der Waals surface area contributed by atoms with Crippen LogP contribution in [0.25, 0.3) is 0 Å². The lowest BCUT2D eigenvalue weighted by molar-refractivity contribution is -0.121. The molecule has 3 N–H and O–H groups in total. The van der Waals surface area contributed by atoms with Crippen LogP contribution in [-0.2, 0) is 4.79 Å². The molecule has 3 amide bonds. The number of carbonyl (C=O) groups is 2. The van der Waals surface area contributed by atoms with E-state index in [4.69, 9.17) is 5.11 Å². The molecule has 0 aromatic rings. The van der Waals surface area contributed by atoms with Crippen molar-refractivity contribution in [1.82, 2.24) is 15.5 Å². The Kier molecular flexibility index (Phi) is 9.74. The summed E-state index contributed by atoms with van der Waals surface area (Å²) in [6, 6.07) is -0.479. The van der Waals surface area contributed by atoms with Gasteiger partial charge >= 0.3 is 6.03 Å². The third-order valence-electron chi connectivity index (χ3n) is 2.43. The van der Waals surface area contributed by atoms with E-state index >= 15 is 0 Å². The first-order chi connectivity index (χ1) is 8.99. The first-order valence-corrected chi connectivity index (χ1v) is 6.51. The quantitative estimate of drug-likeness (QED) is 0.528.